The summed E-state index contributed by atoms with van der Waals surface area (Å²) in [6.45, 7) is 23.0. The van der Waals surface area contributed by atoms with Crippen LogP contribution in [0, 0.1) is 24.8 Å². The second-order valence-electron chi connectivity index (χ2n) is 18.5. The van der Waals surface area contributed by atoms with Crippen molar-refractivity contribution in [1.29, 1.82) is 0 Å². The van der Waals surface area contributed by atoms with Crippen LogP contribution in [0.4, 0.5) is 17.1 Å². The molecule has 3 heterocycles. The van der Waals surface area contributed by atoms with Gasteiger partial charge in [-0.15, -0.1) is 11.3 Å². The van der Waals surface area contributed by atoms with Crippen molar-refractivity contribution in [2.75, 3.05) is 49.4 Å². The molecular weight excluding hydrogens is 910 g/mol. The first-order valence-electron chi connectivity index (χ1n) is 22.5. The van der Waals surface area contributed by atoms with Gasteiger partial charge in [0.2, 0.25) is 23.4 Å². The van der Waals surface area contributed by atoms with E-state index in [0.29, 0.717) is 74.6 Å². The summed E-state index contributed by atoms with van der Waals surface area (Å²) >= 11 is 13.6. The van der Waals surface area contributed by atoms with Crippen LogP contribution < -0.4 is 25.2 Å². The molecule has 0 aliphatic carbocycles. The van der Waals surface area contributed by atoms with E-state index in [-0.39, 0.29) is 35.3 Å². The van der Waals surface area contributed by atoms with Gasteiger partial charge in [-0.05, 0) is 118 Å². The van der Waals surface area contributed by atoms with Crippen LogP contribution in [0.1, 0.15) is 78.5 Å². The minimum atomic E-state index is -0.957. The largest absolute Gasteiger partial charge is 0.494 e. The monoisotopic (exact) mass is 969 g/mol. The fraction of sp³-hybridized carbons (Fsp3) is 0.460. The fourth-order valence-electron chi connectivity index (χ4n) is 8.11. The van der Waals surface area contributed by atoms with Gasteiger partial charge in [-0.3, -0.25) is 24.1 Å². The number of carbonyl (C=O) groups excluding carboxylic acids is 4. The summed E-state index contributed by atoms with van der Waals surface area (Å²) in [4.78, 5) is 67.9. The fourth-order valence-corrected chi connectivity index (χ4v) is 9.67. The topological polar surface area (TPSA) is 147 Å². The Morgan fingerprint density at radius 3 is 2.31 bits per heavy atom. The highest BCUT2D eigenvalue weighted by Crippen LogP contribution is 2.39. The maximum Gasteiger partial charge on any atom is 0.259 e. The van der Waals surface area contributed by atoms with Gasteiger partial charge >= 0.3 is 0 Å². The third-order valence-corrected chi connectivity index (χ3v) is 13.4. The molecule has 2 aliphatic heterocycles. The van der Waals surface area contributed by atoms with Crippen molar-refractivity contribution in [3.05, 3.63) is 99.9 Å². The van der Waals surface area contributed by atoms with E-state index in [1.165, 1.54) is 4.90 Å². The van der Waals surface area contributed by atoms with Crippen LogP contribution in [0.15, 0.2) is 72.2 Å². The van der Waals surface area contributed by atoms with Crippen LogP contribution in [0.25, 0.3) is 15.3 Å². The summed E-state index contributed by atoms with van der Waals surface area (Å²) in [6.07, 6.45) is 2.71. The van der Waals surface area contributed by atoms with Crippen molar-refractivity contribution in [2.24, 2.45) is 11.3 Å². The van der Waals surface area contributed by atoms with Gasteiger partial charge in [0.1, 0.15) is 30.0 Å². The molecule has 2 saturated heterocycles. The molecule has 17 heteroatoms. The van der Waals surface area contributed by atoms with E-state index in [0.717, 1.165) is 40.2 Å². The Morgan fingerprint density at radius 1 is 0.985 bits per heavy atom. The average molecular weight is 971 g/mol. The molecule has 2 N–H and O–H groups in total. The van der Waals surface area contributed by atoms with Gasteiger partial charge in [-0.25, -0.2) is 9.83 Å². The van der Waals surface area contributed by atoms with Crippen LogP contribution in [-0.2, 0) is 35.2 Å². The lowest BCUT2D eigenvalue weighted by Crippen LogP contribution is -2.58. The lowest BCUT2D eigenvalue weighted by molar-refractivity contribution is -0.144. The molecular formula is C50H60ClN7O7S2. The predicted octanol–water partition coefficient (Wildman–Crippen LogP) is 8.91. The van der Waals surface area contributed by atoms with Crippen molar-refractivity contribution in [2.45, 2.75) is 98.3 Å². The van der Waals surface area contributed by atoms with E-state index < -0.39 is 28.9 Å². The summed E-state index contributed by atoms with van der Waals surface area (Å²) < 4.78 is 17.4. The number of halogens is 1. The van der Waals surface area contributed by atoms with Crippen molar-refractivity contribution < 1.29 is 33.4 Å². The summed E-state index contributed by atoms with van der Waals surface area (Å²) in [7, 11) is 0. The highest BCUT2D eigenvalue weighted by atomic mass is 35.5. The van der Waals surface area contributed by atoms with Crippen molar-refractivity contribution in [3.8, 4) is 16.2 Å². The third-order valence-electron chi connectivity index (χ3n) is 11.8. The van der Waals surface area contributed by atoms with E-state index in [2.05, 4.69) is 20.5 Å². The number of thiocarbonyl (C=S) groups is 1. The van der Waals surface area contributed by atoms with Crippen molar-refractivity contribution >= 4 is 81.0 Å². The molecule has 0 bridgehead atoms. The lowest BCUT2D eigenvalue weighted by Gasteiger charge is -2.35. The van der Waals surface area contributed by atoms with Gasteiger partial charge in [0.15, 0.2) is 5.11 Å². The molecule has 0 radical (unpaired) electrons. The Hall–Kier alpha value is -5.44. The Kier molecular flexibility index (Phi) is 17.2. The Labute approximate surface area is 408 Å². The molecule has 6 rings (SSSR count). The quantitative estimate of drug-likeness (QED) is 0.0500. The molecule has 0 saturated carbocycles. The molecule has 356 valence electrons. The van der Waals surface area contributed by atoms with E-state index in [1.807, 2.05) is 103 Å². The number of ether oxygens (including phenoxy) is 3. The molecule has 2 fully saturated rings. The molecule has 2 aliphatic rings. The van der Waals surface area contributed by atoms with Gasteiger partial charge in [0, 0.05) is 43.6 Å². The summed E-state index contributed by atoms with van der Waals surface area (Å²) in [5.74, 6) is -0.277. The molecule has 3 atom stereocenters. The minimum absolute atomic E-state index is 0.129. The third kappa shape index (κ3) is 12.6. The van der Waals surface area contributed by atoms with Gasteiger partial charge in [0.05, 0.1) is 34.9 Å². The van der Waals surface area contributed by atoms with E-state index in [9.17, 15) is 19.2 Å². The molecule has 0 unspecified atom stereocenters. The Morgan fingerprint density at radius 2 is 1.66 bits per heavy atom. The molecule has 14 nitrogen and oxygen atoms in total. The summed E-state index contributed by atoms with van der Waals surface area (Å²) in [6, 6.07) is 18.8. The van der Waals surface area contributed by atoms with Gasteiger partial charge in [0.25, 0.3) is 5.91 Å². The first kappa shape index (κ1) is 51.0. The van der Waals surface area contributed by atoms with Crippen LogP contribution in [-0.4, -0.2) is 95.8 Å². The number of aromatic nitrogens is 1. The lowest BCUT2D eigenvalue weighted by atomic mass is 9.85. The standard InChI is InChI=1S/C50H60ClN7O7S2/c1-32-26-41(45(60)53-28-34-12-14-35(15-13-34)43-33(2)54-31-67-43)56(29-32)46(61)44(49(3,4)5)55-42(59)30-64-24-11-23-63-22-9-10-25-65-38-19-16-36(17-20-38)58-48(66)57(47(62)50(58,6)7)37-18-21-40(52-8)39(51)27-37/h12-21,27,31-32,41,44H,9-11,22-26,28-30H2,1-7H3,(H,53,60)(H,55,59)/t32-,41+,44-/m1/s1. The van der Waals surface area contributed by atoms with Crippen molar-refractivity contribution in [1.82, 2.24) is 20.5 Å². The highest BCUT2D eigenvalue weighted by Gasteiger charge is 2.50. The molecule has 4 aromatic rings. The van der Waals surface area contributed by atoms with Gasteiger partial charge < -0.3 is 34.6 Å². The highest BCUT2D eigenvalue weighted by molar-refractivity contribution is 7.81. The summed E-state index contributed by atoms with van der Waals surface area (Å²) in [5.41, 5.74) is 4.83. The SMILES string of the molecule is [C-]#[N+]c1ccc(N2C(=O)C(C)(C)N(c3ccc(OCCCCOCCCOCC(=O)N[C@H](C(=O)N4C[C@H](C)C[C@H]4C(=O)NCc4ccc(-c5scnc5C)cc4)C(C)(C)C)cc3)C2=S)cc1Cl. The Bertz CT molecular complexity index is 2450. The molecule has 3 aromatic carbocycles. The minimum Gasteiger partial charge on any atom is -0.494 e. The van der Waals surface area contributed by atoms with Crippen LogP contribution >= 0.6 is 35.2 Å². The zero-order chi connectivity index (χ0) is 48.5. The maximum absolute atomic E-state index is 14.1. The van der Waals surface area contributed by atoms with Crippen molar-refractivity contribution in [3.63, 3.8) is 0 Å². The first-order valence-corrected chi connectivity index (χ1v) is 24.2. The van der Waals surface area contributed by atoms with E-state index in [4.69, 9.17) is 44.6 Å². The van der Waals surface area contributed by atoms with Crippen LogP contribution in [0.3, 0.4) is 0 Å². The number of thiazole rings is 1. The van der Waals surface area contributed by atoms with Crippen LogP contribution in [0.5, 0.6) is 5.75 Å². The van der Waals surface area contributed by atoms with E-state index in [1.54, 1.807) is 39.3 Å². The van der Waals surface area contributed by atoms with E-state index >= 15 is 0 Å². The number of hydrogen-bond donors (Lipinski definition) is 2. The maximum atomic E-state index is 14.1. The molecule has 0 spiro atoms. The smallest absolute Gasteiger partial charge is 0.259 e. The number of aryl methyl sites for hydroxylation is 1. The predicted molar refractivity (Wildman–Crippen MR) is 267 cm³/mol. The number of amides is 4. The number of likely N-dealkylation sites (tertiary alicyclic amines) is 1. The first-order chi connectivity index (χ1) is 31.9. The number of benzene rings is 3. The summed E-state index contributed by atoms with van der Waals surface area (Å²) in [5, 5.41) is 6.50. The second-order valence-corrected chi connectivity index (χ2v) is 20.2. The average Bonchev–Trinajstić information content (AvgIpc) is 3.96. The van der Waals surface area contributed by atoms with Gasteiger partial charge in [-0.1, -0.05) is 69.6 Å². The number of unbranched alkanes of at least 4 members (excludes halogenated alkanes) is 1. The van der Waals surface area contributed by atoms with Gasteiger partial charge in [-0.2, -0.15) is 0 Å². The normalized spacial score (nSPS) is 17.4. The zero-order valence-electron chi connectivity index (χ0n) is 39.2. The van der Waals surface area contributed by atoms with Crippen LogP contribution in [0.2, 0.25) is 5.02 Å². The number of hydrogen-bond acceptors (Lipinski definition) is 10. The zero-order valence-corrected chi connectivity index (χ0v) is 41.6. The Balaban J connectivity index is 0.856. The number of nitrogens with zero attached hydrogens (tertiary/aromatic N) is 5. The number of rotatable bonds is 20. The molecule has 67 heavy (non-hydrogen) atoms. The molecule has 4 amide bonds. The number of anilines is 2. The second kappa shape index (κ2) is 22.6. The number of nitrogens with one attached hydrogen (secondary N) is 2. The number of carbonyl (C=O) groups is 4. The molecule has 1 aromatic heterocycles.